The first-order valence-electron chi connectivity index (χ1n) is 9.94. The summed E-state index contributed by atoms with van der Waals surface area (Å²) >= 11 is 18.0. The third-order valence-corrected chi connectivity index (χ3v) is 5.86. The van der Waals surface area contributed by atoms with Crippen LogP contribution in [0.15, 0.2) is 60.0 Å². The number of benzene rings is 3. The van der Waals surface area contributed by atoms with E-state index in [1.807, 2.05) is 0 Å². The van der Waals surface area contributed by atoms with Gasteiger partial charge in [0.25, 0.3) is 0 Å². The number of fused-ring (bicyclic) bond motifs is 1. The number of carbonyl (C=O) groups is 1. The Kier molecular flexibility index (Phi) is 7.50. The molecule has 0 saturated heterocycles. The fraction of sp³-hybridized carbons (Fsp3) is 0.0435. The summed E-state index contributed by atoms with van der Waals surface area (Å²) in [6, 6.07) is 11.9. The predicted octanol–water partition coefficient (Wildman–Crippen LogP) is 6.64. The van der Waals surface area contributed by atoms with Gasteiger partial charge in [-0.1, -0.05) is 46.9 Å². The molecule has 4 rings (SSSR count). The molecule has 0 atom stereocenters. The lowest BCUT2D eigenvalue weighted by molar-refractivity contribution is 0.252. The Balaban J connectivity index is 1.57. The normalized spacial score (nSPS) is 11.0. The third kappa shape index (κ3) is 5.71. The minimum Gasteiger partial charge on any atom is -0.494 e. The SMILES string of the molecule is COc1cc2ncnc(Nc3ccc(F)c(Cl)c3)c2cc1NC(=O)N/N=C/c1cccc(Cl)c1Cl. The largest absolute Gasteiger partial charge is 0.494 e. The van der Waals surface area contributed by atoms with E-state index >= 15 is 0 Å². The second kappa shape index (κ2) is 10.7. The first kappa shape index (κ1) is 24.5. The summed E-state index contributed by atoms with van der Waals surface area (Å²) in [7, 11) is 1.46. The molecule has 0 unspecified atom stereocenters. The van der Waals surface area contributed by atoms with Gasteiger partial charge >= 0.3 is 6.03 Å². The van der Waals surface area contributed by atoms with Crippen molar-refractivity contribution in [2.75, 3.05) is 17.7 Å². The smallest absolute Gasteiger partial charge is 0.339 e. The van der Waals surface area contributed by atoms with E-state index < -0.39 is 11.8 Å². The first-order valence-corrected chi connectivity index (χ1v) is 11.1. The molecule has 0 aliphatic carbocycles. The molecule has 178 valence electrons. The van der Waals surface area contributed by atoms with E-state index in [0.717, 1.165) is 0 Å². The lowest BCUT2D eigenvalue weighted by atomic mass is 10.2. The molecule has 4 aromatic rings. The van der Waals surface area contributed by atoms with Crippen LogP contribution < -0.4 is 20.8 Å². The van der Waals surface area contributed by atoms with E-state index in [9.17, 15) is 9.18 Å². The predicted molar refractivity (Wildman–Crippen MR) is 137 cm³/mol. The lowest BCUT2D eigenvalue weighted by Gasteiger charge is -2.13. The average molecular weight is 534 g/mol. The van der Waals surface area contributed by atoms with Crippen LogP contribution >= 0.6 is 34.8 Å². The van der Waals surface area contributed by atoms with Crippen molar-refractivity contribution in [2.24, 2.45) is 5.10 Å². The molecule has 0 bridgehead atoms. The molecule has 1 heterocycles. The van der Waals surface area contributed by atoms with Crippen LogP contribution in [-0.4, -0.2) is 29.3 Å². The quantitative estimate of drug-likeness (QED) is 0.191. The number of anilines is 3. The monoisotopic (exact) mass is 532 g/mol. The van der Waals surface area contributed by atoms with Gasteiger partial charge in [-0.25, -0.2) is 24.6 Å². The summed E-state index contributed by atoms with van der Waals surface area (Å²) in [5, 5.41) is 10.9. The Morgan fingerprint density at radius 3 is 2.69 bits per heavy atom. The maximum atomic E-state index is 13.5. The van der Waals surface area contributed by atoms with E-state index in [4.69, 9.17) is 39.5 Å². The zero-order valence-corrected chi connectivity index (χ0v) is 20.2. The van der Waals surface area contributed by atoms with Crippen LogP contribution in [0.1, 0.15) is 5.56 Å². The van der Waals surface area contributed by atoms with Crippen LogP contribution in [0, 0.1) is 5.82 Å². The third-order valence-electron chi connectivity index (χ3n) is 4.74. The molecule has 1 aromatic heterocycles. The molecule has 0 fully saturated rings. The van der Waals surface area contributed by atoms with Crippen molar-refractivity contribution in [3.05, 3.63) is 81.3 Å². The number of carbonyl (C=O) groups excluding carboxylic acids is 1. The van der Waals surface area contributed by atoms with Gasteiger partial charge in [0.1, 0.15) is 23.7 Å². The molecule has 0 saturated carbocycles. The number of methoxy groups -OCH3 is 1. The Labute approximate surface area is 214 Å². The van der Waals surface area contributed by atoms with Crippen molar-refractivity contribution < 1.29 is 13.9 Å². The van der Waals surface area contributed by atoms with Crippen LogP contribution in [0.25, 0.3) is 10.9 Å². The molecular formula is C23H16Cl3FN6O2. The summed E-state index contributed by atoms with van der Waals surface area (Å²) in [6.45, 7) is 0. The molecule has 0 spiro atoms. The van der Waals surface area contributed by atoms with Gasteiger partial charge < -0.3 is 15.4 Å². The standard InChI is InChI=1S/C23H16Cl3FN6O2/c1-35-20-9-18-14(22(29-11-28-18)31-13-5-6-17(27)16(25)7-13)8-19(20)32-23(34)33-30-10-12-3-2-4-15(24)21(12)26/h2-11H,1H3,(H,28,29,31)(H2,32,33,34)/b30-10+. The number of amides is 2. The van der Waals surface area contributed by atoms with Crippen LogP contribution in [0.4, 0.5) is 26.4 Å². The van der Waals surface area contributed by atoms with Crippen molar-refractivity contribution >= 4 is 75.1 Å². The van der Waals surface area contributed by atoms with E-state index in [-0.39, 0.29) is 5.02 Å². The van der Waals surface area contributed by atoms with Crippen LogP contribution in [-0.2, 0) is 0 Å². The van der Waals surface area contributed by atoms with E-state index in [2.05, 4.69) is 31.1 Å². The number of rotatable bonds is 6. The second-order valence-electron chi connectivity index (χ2n) is 7.01. The van der Waals surface area contributed by atoms with Crippen LogP contribution in [0.2, 0.25) is 15.1 Å². The van der Waals surface area contributed by atoms with E-state index in [0.29, 0.717) is 49.5 Å². The van der Waals surface area contributed by atoms with Gasteiger partial charge in [-0.2, -0.15) is 5.10 Å². The maximum Gasteiger partial charge on any atom is 0.339 e. The summed E-state index contributed by atoms with van der Waals surface area (Å²) in [5.74, 6) is 0.244. The van der Waals surface area contributed by atoms with E-state index in [1.165, 1.54) is 37.9 Å². The van der Waals surface area contributed by atoms with Crippen molar-refractivity contribution in [1.29, 1.82) is 0 Å². The molecule has 8 nitrogen and oxygen atoms in total. The fourth-order valence-electron chi connectivity index (χ4n) is 3.09. The molecule has 3 N–H and O–H groups in total. The minimum atomic E-state index is -0.631. The number of urea groups is 1. The number of hydrazone groups is 1. The highest BCUT2D eigenvalue weighted by atomic mass is 35.5. The zero-order chi connectivity index (χ0) is 24.9. The Hall–Kier alpha value is -3.66. The molecule has 3 aromatic carbocycles. The van der Waals surface area contributed by atoms with Crippen molar-refractivity contribution in [2.45, 2.75) is 0 Å². The van der Waals surface area contributed by atoms with Gasteiger partial charge in [0, 0.05) is 22.7 Å². The van der Waals surface area contributed by atoms with Crippen molar-refractivity contribution in [1.82, 2.24) is 15.4 Å². The van der Waals surface area contributed by atoms with Gasteiger partial charge in [-0.15, -0.1) is 0 Å². The van der Waals surface area contributed by atoms with E-state index in [1.54, 1.807) is 30.3 Å². The van der Waals surface area contributed by atoms with Crippen molar-refractivity contribution in [3.8, 4) is 5.75 Å². The Morgan fingerprint density at radius 2 is 1.91 bits per heavy atom. The van der Waals surface area contributed by atoms with Crippen LogP contribution in [0.5, 0.6) is 5.75 Å². The number of hydrogen-bond acceptors (Lipinski definition) is 6. The topological polar surface area (TPSA) is 101 Å². The lowest BCUT2D eigenvalue weighted by Crippen LogP contribution is -2.24. The maximum absolute atomic E-state index is 13.5. The summed E-state index contributed by atoms with van der Waals surface area (Å²) in [4.78, 5) is 21.0. The Morgan fingerprint density at radius 1 is 1.09 bits per heavy atom. The van der Waals surface area contributed by atoms with Crippen LogP contribution in [0.3, 0.4) is 0 Å². The molecule has 2 amide bonds. The second-order valence-corrected chi connectivity index (χ2v) is 8.21. The Bertz CT molecular complexity index is 1450. The number of halogens is 4. The highest BCUT2D eigenvalue weighted by molar-refractivity contribution is 6.43. The molecule has 0 radical (unpaired) electrons. The zero-order valence-electron chi connectivity index (χ0n) is 17.9. The molecule has 35 heavy (non-hydrogen) atoms. The summed E-state index contributed by atoms with van der Waals surface area (Å²) in [5.41, 5.74) is 4.30. The minimum absolute atomic E-state index is 0.0336. The number of aromatic nitrogens is 2. The number of hydrogen-bond donors (Lipinski definition) is 3. The molecule has 0 aliphatic heterocycles. The first-order chi connectivity index (χ1) is 16.9. The summed E-state index contributed by atoms with van der Waals surface area (Å²) in [6.07, 6.45) is 2.74. The highest BCUT2D eigenvalue weighted by Gasteiger charge is 2.13. The van der Waals surface area contributed by atoms with Gasteiger partial charge in [-0.05, 0) is 30.3 Å². The molecule has 12 heteroatoms. The van der Waals surface area contributed by atoms with Gasteiger partial charge in [-0.3, -0.25) is 0 Å². The van der Waals surface area contributed by atoms with Gasteiger partial charge in [0.2, 0.25) is 0 Å². The molecular weight excluding hydrogens is 518 g/mol. The fourth-order valence-corrected chi connectivity index (χ4v) is 3.63. The summed E-state index contributed by atoms with van der Waals surface area (Å²) < 4.78 is 18.9. The van der Waals surface area contributed by atoms with Crippen molar-refractivity contribution in [3.63, 3.8) is 0 Å². The highest BCUT2D eigenvalue weighted by Crippen LogP contribution is 2.33. The van der Waals surface area contributed by atoms with Gasteiger partial charge in [0.05, 0.1) is 39.6 Å². The number of nitrogens with one attached hydrogen (secondary N) is 3. The number of ether oxygens (including phenoxy) is 1. The average Bonchev–Trinajstić information content (AvgIpc) is 2.84. The van der Waals surface area contributed by atoms with Gasteiger partial charge in [0.15, 0.2) is 0 Å². The number of nitrogens with zero attached hydrogens (tertiary/aromatic N) is 3. The molecule has 0 aliphatic rings.